The Morgan fingerprint density at radius 1 is 1.00 bits per heavy atom. The van der Waals surface area contributed by atoms with Gasteiger partial charge in [-0.2, -0.15) is 4.98 Å². The van der Waals surface area contributed by atoms with Gasteiger partial charge < -0.3 is 9.26 Å². The molecule has 0 aliphatic carbocycles. The van der Waals surface area contributed by atoms with Crippen LogP contribution in [0, 0.1) is 18.6 Å². The molecule has 0 radical (unpaired) electrons. The first-order valence-corrected chi connectivity index (χ1v) is 8.17. The Balaban J connectivity index is 1.77. The second-order valence-electron chi connectivity index (χ2n) is 5.85. The molecule has 0 atom stereocenters. The van der Waals surface area contributed by atoms with Crippen LogP contribution in [0.3, 0.4) is 0 Å². The molecular formula is C19H13F2N5O2. The Morgan fingerprint density at radius 2 is 1.86 bits per heavy atom. The van der Waals surface area contributed by atoms with E-state index in [-0.39, 0.29) is 23.0 Å². The van der Waals surface area contributed by atoms with Crippen molar-refractivity contribution in [3.05, 3.63) is 60.2 Å². The summed E-state index contributed by atoms with van der Waals surface area (Å²) < 4.78 is 38.0. The van der Waals surface area contributed by atoms with Gasteiger partial charge in [0.05, 0.1) is 25.2 Å². The van der Waals surface area contributed by atoms with Gasteiger partial charge in [-0.05, 0) is 31.2 Å². The molecule has 4 aromatic rings. The van der Waals surface area contributed by atoms with E-state index in [2.05, 4.69) is 25.1 Å². The molecule has 4 heterocycles. The molecule has 0 aliphatic heterocycles. The van der Waals surface area contributed by atoms with Crippen LogP contribution < -0.4 is 4.74 Å². The zero-order valence-corrected chi connectivity index (χ0v) is 14.8. The fourth-order valence-electron chi connectivity index (χ4n) is 2.59. The Kier molecular flexibility index (Phi) is 4.48. The minimum absolute atomic E-state index is 0.100. The molecule has 0 unspecified atom stereocenters. The van der Waals surface area contributed by atoms with E-state index in [9.17, 15) is 8.78 Å². The minimum Gasteiger partial charge on any atom is -0.495 e. The number of hydrogen-bond donors (Lipinski definition) is 0. The molecule has 0 amide bonds. The molecule has 0 bridgehead atoms. The van der Waals surface area contributed by atoms with E-state index in [1.165, 1.54) is 37.7 Å². The fraction of sp³-hybridized carbons (Fsp3) is 0.105. The van der Waals surface area contributed by atoms with E-state index in [1.54, 1.807) is 13.0 Å². The van der Waals surface area contributed by atoms with Crippen molar-refractivity contribution in [1.82, 2.24) is 25.1 Å². The van der Waals surface area contributed by atoms with Gasteiger partial charge >= 0.3 is 0 Å². The predicted octanol–water partition coefficient (Wildman–Crippen LogP) is 3.85. The number of aromatic nitrogens is 5. The second-order valence-corrected chi connectivity index (χ2v) is 5.85. The van der Waals surface area contributed by atoms with Gasteiger partial charge in [0, 0.05) is 17.3 Å². The largest absolute Gasteiger partial charge is 0.495 e. The van der Waals surface area contributed by atoms with Crippen LogP contribution in [-0.4, -0.2) is 32.2 Å². The van der Waals surface area contributed by atoms with Gasteiger partial charge in [-0.25, -0.2) is 18.7 Å². The molecular weight excluding hydrogens is 368 g/mol. The average molecular weight is 381 g/mol. The molecule has 0 spiro atoms. The summed E-state index contributed by atoms with van der Waals surface area (Å²) in [5.41, 5.74) is 1.60. The van der Waals surface area contributed by atoms with Gasteiger partial charge in [0.25, 0.3) is 5.89 Å². The van der Waals surface area contributed by atoms with Gasteiger partial charge in [-0.1, -0.05) is 5.16 Å². The fourth-order valence-corrected chi connectivity index (χ4v) is 2.59. The van der Waals surface area contributed by atoms with Crippen molar-refractivity contribution in [2.24, 2.45) is 0 Å². The lowest BCUT2D eigenvalue weighted by molar-refractivity contribution is 0.413. The molecule has 140 valence electrons. The van der Waals surface area contributed by atoms with E-state index in [0.717, 1.165) is 6.20 Å². The molecule has 4 aromatic heterocycles. The minimum atomic E-state index is -0.484. The molecule has 0 aliphatic rings. The van der Waals surface area contributed by atoms with Crippen molar-refractivity contribution in [2.75, 3.05) is 7.11 Å². The Labute approximate surface area is 158 Å². The third-order valence-electron chi connectivity index (χ3n) is 3.98. The van der Waals surface area contributed by atoms with Crippen molar-refractivity contribution >= 4 is 0 Å². The van der Waals surface area contributed by atoms with Crippen molar-refractivity contribution in [3.8, 4) is 40.0 Å². The topological polar surface area (TPSA) is 86.8 Å². The monoisotopic (exact) mass is 381 g/mol. The Morgan fingerprint density at radius 3 is 2.61 bits per heavy atom. The highest BCUT2D eigenvalue weighted by molar-refractivity contribution is 5.70. The van der Waals surface area contributed by atoms with Crippen LogP contribution in [0.5, 0.6) is 5.75 Å². The van der Waals surface area contributed by atoms with E-state index < -0.39 is 11.6 Å². The standard InChI is InChI=1S/C19H13F2N5O2/c1-10-17(21)14(11-5-13(27-2)9-22-7-11)6-16(24-10)18-25-19(28-26-18)15-4-3-12(20)8-23-15/h3-9H,1-2H3. The zero-order chi connectivity index (χ0) is 19.7. The maximum atomic E-state index is 14.7. The summed E-state index contributed by atoms with van der Waals surface area (Å²) >= 11 is 0. The maximum Gasteiger partial charge on any atom is 0.276 e. The van der Waals surface area contributed by atoms with Gasteiger partial charge in [-0.15, -0.1) is 0 Å². The molecule has 4 rings (SSSR count). The van der Waals surface area contributed by atoms with E-state index in [0.29, 0.717) is 22.7 Å². The molecule has 0 fully saturated rings. The number of ether oxygens (including phenoxy) is 1. The first-order chi connectivity index (χ1) is 13.5. The third-order valence-corrected chi connectivity index (χ3v) is 3.98. The molecule has 0 aromatic carbocycles. The number of hydrogen-bond acceptors (Lipinski definition) is 7. The third kappa shape index (κ3) is 3.29. The summed E-state index contributed by atoms with van der Waals surface area (Å²) in [7, 11) is 1.50. The van der Waals surface area contributed by atoms with Crippen molar-refractivity contribution in [2.45, 2.75) is 6.92 Å². The highest BCUT2D eigenvalue weighted by atomic mass is 19.1. The van der Waals surface area contributed by atoms with Crippen LogP contribution in [0.4, 0.5) is 8.78 Å². The SMILES string of the molecule is COc1cncc(-c2cc(-c3noc(-c4ccc(F)cn4)n3)nc(C)c2F)c1. The van der Waals surface area contributed by atoms with E-state index >= 15 is 0 Å². The van der Waals surface area contributed by atoms with Crippen LogP contribution in [0.1, 0.15) is 5.69 Å². The second kappa shape index (κ2) is 7.10. The zero-order valence-electron chi connectivity index (χ0n) is 14.8. The lowest BCUT2D eigenvalue weighted by Crippen LogP contribution is -1.97. The molecule has 9 heteroatoms. The van der Waals surface area contributed by atoms with Gasteiger partial charge in [0.2, 0.25) is 5.82 Å². The summed E-state index contributed by atoms with van der Waals surface area (Å²) in [4.78, 5) is 16.4. The number of rotatable bonds is 4. The van der Waals surface area contributed by atoms with E-state index in [4.69, 9.17) is 9.26 Å². The van der Waals surface area contributed by atoms with Crippen LogP contribution in [0.2, 0.25) is 0 Å². The summed E-state index contributed by atoms with van der Waals surface area (Å²) in [6.07, 6.45) is 4.10. The van der Waals surface area contributed by atoms with Crippen LogP contribution in [0.25, 0.3) is 34.2 Å². The van der Waals surface area contributed by atoms with Crippen molar-refractivity contribution in [1.29, 1.82) is 0 Å². The van der Waals surface area contributed by atoms with Crippen LogP contribution in [0.15, 0.2) is 47.4 Å². The number of methoxy groups -OCH3 is 1. The number of halogens is 2. The Bertz CT molecular complexity index is 1150. The first kappa shape index (κ1) is 17.7. The lowest BCUT2D eigenvalue weighted by Gasteiger charge is -2.08. The average Bonchev–Trinajstić information content (AvgIpc) is 3.21. The van der Waals surface area contributed by atoms with Gasteiger partial charge in [0.1, 0.15) is 23.0 Å². The molecule has 7 nitrogen and oxygen atoms in total. The summed E-state index contributed by atoms with van der Waals surface area (Å²) in [5.74, 6) is -0.208. The van der Waals surface area contributed by atoms with Gasteiger partial charge in [-0.3, -0.25) is 4.98 Å². The maximum absolute atomic E-state index is 14.7. The van der Waals surface area contributed by atoms with Crippen molar-refractivity contribution in [3.63, 3.8) is 0 Å². The number of aryl methyl sites for hydroxylation is 1. The molecule has 0 saturated heterocycles. The molecule has 0 N–H and O–H groups in total. The quantitative estimate of drug-likeness (QED) is 0.531. The smallest absolute Gasteiger partial charge is 0.276 e. The summed E-state index contributed by atoms with van der Waals surface area (Å²) in [6, 6.07) is 5.83. The lowest BCUT2D eigenvalue weighted by atomic mass is 10.1. The number of nitrogens with zero attached hydrogens (tertiary/aromatic N) is 5. The summed E-state index contributed by atoms with van der Waals surface area (Å²) in [6.45, 7) is 1.54. The normalized spacial score (nSPS) is 10.9. The van der Waals surface area contributed by atoms with Crippen molar-refractivity contribution < 1.29 is 18.0 Å². The highest BCUT2D eigenvalue weighted by Crippen LogP contribution is 2.30. The number of pyridine rings is 3. The first-order valence-electron chi connectivity index (χ1n) is 8.17. The highest BCUT2D eigenvalue weighted by Gasteiger charge is 2.18. The Hall–Kier alpha value is -3.75. The van der Waals surface area contributed by atoms with Crippen LogP contribution in [-0.2, 0) is 0 Å². The van der Waals surface area contributed by atoms with E-state index in [1.807, 2.05) is 0 Å². The molecule has 0 saturated carbocycles. The predicted molar refractivity (Wildman–Crippen MR) is 95.2 cm³/mol. The van der Waals surface area contributed by atoms with Gasteiger partial charge in [0.15, 0.2) is 5.82 Å². The molecule has 28 heavy (non-hydrogen) atoms. The summed E-state index contributed by atoms with van der Waals surface area (Å²) in [5, 5.41) is 3.88. The van der Waals surface area contributed by atoms with Crippen LogP contribution >= 0.6 is 0 Å².